The third-order valence-corrected chi connectivity index (χ3v) is 8.13. The average Bonchev–Trinajstić information content (AvgIpc) is 3.46. The molecule has 0 bridgehead atoms. The van der Waals surface area contributed by atoms with Gasteiger partial charge in [0.05, 0.1) is 18.8 Å². The molecule has 3 aromatic rings. The molecule has 18 nitrogen and oxygen atoms in total. The van der Waals surface area contributed by atoms with Crippen LogP contribution in [0.4, 0.5) is 10.9 Å². The molecule has 2 aromatic heterocycles. The van der Waals surface area contributed by atoms with E-state index in [1.165, 1.54) is 19.2 Å². The van der Waals surface area contributed by atoms with Crippen molar-refractivity contribution in [1.29, 1.82) is 0 Å². The van der Waals surface area contributed by atoms with Gasteiger partial charge in [-0.05, 0) is 44.5 Å². The summed E-state index contributed by atoms with van der Waals surface area (Å²) in [7, 11) is -3.11. The smallest absolute Gasteiger partial charge is 0.418 e. The van der Waals surface area contributed by atoms with E-state index in [9.17, 15) is 27.9 Å². The number of benzene rings is 1. The Bertz CT molecular complexity index is 1810. The second-order valence-corrected chi connectivity index (χ2v) is 13.1. The van der Waals surface area contributed by atoms with Crippen LogP contribution in [0.1, 0.15) is 26.5 Å². The number of hydrogen-bond acceptors (Lipinski definition) is 14. The summed E-state index contributed by atoms with van der Waals surface area (Å²) in [6.07, 6.45) is 0.265. The Morgan fingerprint density at radius 1 is 1.21 bits per heavy atom. The molecular weight excluding hydrogens is 672 g/mol. The van der Waals surface area contributed by atoms with Gasteiger partial charge >= 0.3 is 16.4 Å². The number of pyridine rings is 1. The lowest BCUT2D eigenvalue weighted by atomic mass is 9.84. The summed E-state index contributed by atoms with van der Waals surface area (Å²) in [6.45, 7) is 4.69. The average molecular weight is 708 g/mol. The van der Waals surface area contributed by atoms with Crippen molar-refractivity contribution in [2.75, 3.05) is 24.2 Å². The number of amides is 2. The van der Waals surface area contributed by atoms with Crippen LogP contribution in [0, 0.1) is 0 Å². The summed E-state index contributed by atoms with van der Waals surface area (Å²) in [5.41, 5.74) is 11.2. The Hall–Kier alpha value is -4.89. The van der Waals surface area contributed by atoms with Crippen LogP contribution in [0.15, 0.2) is 53.1 Å². The Morgan fingerprint density at radius 3 is 2.42 bits per heavy atom. The lowest BCUT2D eigenvalue weighted by Gasteiger charge is -2.50. The number of hydrogen-bond donors (Lipinski definition) is 6. The number of carbonyl (C=O) groups is 3. The fourth-order valence-corrected chi connectivity index (χ4v) is 5.44. The van der Waals surface area contributed by atoms with E-state index in [1.807, 2.05) is 36.9 Å². The van der Waals surface area contributed by atoms with Gasteiger partial charge in [0.15, 0.2) is 10.8 Å². The number of aromatic nitrogens is 2. The monoisotopic (exact) mass is 707 g/mol. The number of aliphatic carboxylic acids is 1. The van der Waals surface area contributed by atoms with Crippen molar-refractivity contribution in [2.24, 2.45) is 17.9 Å². The molecule has 0 radical (unpaired) electrons. The Labute approximate surface area is 279 Å². The number of ether oxygens (including phenoxy) is 1. The minimum Gasteiger partial charge on any atom is -0.489 e. The van der Waals surface area contributed by atoms with E-state index in [2.05, 4.69) is 25.1 Å². The van der Waals surface area contributed by atoms with Gasteiger partial charge in [0.2, 0.25) is 0 Å². The van der Waals surface area contributed by atoms with E-state index in [0.29, 0.717) is 17.4 Å². The molecule has 3 atom stereocenters. The predicted octanol–water partition coefficient (Wildman–Crippen LogP) is 0.0688. The largest absolute Gasteiger partial charge is 0.489 e. The maximum absolute atomic E-state index is 13.2. The van der Waals surface area contributed by atoms with E-state index < -0.39 is 58.2 Å². The molecule has 3 heterocycles. The van der Waals surface area contributed by atoms with Gasteiger partial charge in [-0.3, -0.25) is 19.5 Å². The van der Waals surface area contributed by atoms with Gasteiger partial charge in [0.1, 0.15) is 30.1 Å². The van der Waals surface area contributed by atoms with E-state index >= 15 is 0 Å². The van der Waals surface area contributed by atoms with Crippen LogP contribution in [0.3, 0.4) is 0 Å². The number of aryl methyl sites for hydroxylation is 1. The molecule has 0 aliphatic carbocycles. The summed E-state index contributed by atoms with van der Waals surface area (Å²) in [5, 5.41) is 20.9. The Balaban J connectivity index is 1.44. The lowest BCUT2D eigenvalue weighted by molar-refractivity contribution is -0.656. The molecule has 8 N–H and O–H groups in total. The molecule has 1 unspecified atom stereocenters. The molecule has 1 aromatic carbocycles. The topological polar surface area (TPSA) is 262 Å². The zero-order chi connectivity index (χ0) is 35.4. The van der Waals surface area contributed by atoms with Crippen LogP contribution in [0.2, 0.25) is 0 Å². The maximum Gasteiger partial charge on any atom is 0.418 e. The molecule has 1 saturated heterocycles. The zero-order valence-corrected chi connectivity index (χ0v) is 27.8. The number of nitrogens with one attached hydrogen (secondary N) is 2. The number of rotatable bonds is 15. The Kier molecular flexibility index (Phi) is 10.8. The third-order valence-electron chi connectivity index (χ3n) is 7.12. The number of carbonyl (C=O) groups excluding carboxylic acids is 2. The van der Waals surface area contributed by atoms with Crippen LogP contribution < -0.4 is 31.4 Å². The van der Waals surface area contributed by atoms with Gasteiger partial charge < -0.3 is 31.5 Å². The minimum absolute atomic E-state index is 0.0578. The number of nitrogens with zero attached hydrogens (tertiary/aromatic N) is 4. The van der Waals surface area contributed by atoms with Gasteiger partial charge in [0, 0.05) is 23.6 Å². The number of thiazole rings is 1. The first-order chi connectivity index (χ1) is 22.5. The van der Waals surface area contributed by atoms with Crippen LogP contribution >= 0.6 is 11.3 Å². The Morgan fingerprint density at radius 2 is 1.88 bits per heavy atom. The van der Waals surface area contributed by atoms with Crippen molar-refractivity contribution in [2.45, 2.75) is 44.5 Å². The van der Waals surface area contributed by atoms with E-state index in [1.54, 1.807) is 24.3 Å². The second-order valence-electron chi connectivity index (χ2n) is 11.2. The molecule has 1 fully saturated rings. The number of anilines is 2. The molecule has 4 rings (SSSR count). The number of oxime groups is 1. The first kappa shape index (κ1) is 36.0. The molecule has 258 valence electrons. The summed E-state index contributed by atoms with van der Waals surface area (Å²) >= 11 is 0.958. The van der Waals surface area contributed by atoms with E-state index in [-0.39, 0.29) is 16.9 Å². The standard InChI is InChI=1S/C28H34N8O10S2/c1-15(11-29)31-21-10-7-17(12-35(21)4)16-5-8-18(9-6-16)44-13-20(26(39)40)45-34-22(19-14-47-27(30)32-19)24(37)33-23-25(38)36(28(23,2)3)46-48(41,42)43/h5-10,12,14-15,20,23H,11,13,29H2,1-4H3,(H5,30,32,33,37,39,40,41,42,43)/p+1/b34-22-/t15?,20-,23+/m0/s1. The quantitative estimate of drug-likeness (QED) is 0.0402. The van der Waals surface area contributed by atoms with Crippen molar-refractivity contribution < 1.29 is 50.9 Å². The molecule has 20 heteroatoms. The van der Waals surface area contributed by atoms with Gasteiger partial charge in [0.25, 0.3) is 23.7 Å². The summed E-state index contributed by atoms with van der Waals surface area (Å²) in [4.78, 5) is 46.9. The highest BCUT2D eigenvalue weighted by molar-refractivity contribution is 7.80. The van der Waals surface area contributed by atoms with Crippen molar-refractivity contribution in [3.8, 4) is 16.9 Å². The van der Waals surface area contributed by atoms with Crippen molar-refractivity contribution in [3.63, 3.8) is 0 Å². The van der Waals surface area contributed by atoms with Crippen molar-refractivity contribution in [3.05, 3.63) is 53.7 Å². The highest BCUT2D eigenvalue weighted by Gasteiger charge is 2.58. The number of carboxylic acid groups (broad SMARTS) is 1. The van der Waals surface area contributed by atoms with Crippen LogP contribution in [0.25, 0.3) is 11.1 Å². The van der Waals surface area contributed by atoms with E-state index in [0.717, 1.165) is 28.3 Å². The molecule has 0 spiro atoms. The first-order valence-electron chi connectivity index (χ1n) is 14.2. The summed E-state index contributed by atoms with van der Waals surface area (Å²) in [5.74, 6) is -2.23. The molecule has 48 heavy (non-hydrogen) atoms. The number of nitrogens with two attached hydrogens (primary N) is 2. The van der Waals surface area contributed by atoms with Crippen molar-refractivity contribution >= 4 is 56.2 Å². The number of hydroxylamine groups is 2. The highest BCUT2D eigenvalue weighted by Crippen LogP contribution is 2.33. The fraction of sp³-hybridized carbons (Fsp3) is 0.357. The first-order valence-corrected chi connectivity index (χ1v) is 16.4. The number of nitrogen functional groups attached to an aromatic ring is 1. The van der Waals surface area contributed by atoms with Crippen LogP contribution in [-0.2, 0) is 41.0 Å². The van der Waals surface area contributed by atoms with Gasteiger partial charge in [-0.25, -0.2) is 14.3 Å². The third kappa shape index (κ3) is 8.52. The molecule has 1 aliphatic heterocycles. The van der Waals surface area contributed by atoms with Gasteiger partial charge in [-0.15, -0.1) is 15.6 Å². The number of carboxylic acids is 1. The maximum atomic E-state index is 13.2. The van der Waals surface area contributed by atoms with Crippen LogP contribution in [0.5, 0.6) is 5.75 Å². The lowest BCUT2D eigenvalue weighted by Crippen LogP contribution is -2.76. The van der Waals surface area contributed by atoms with Gasteiger partial charge in [-0.1, -0.05) is 17.3 Å². The second kappa shape index (κ2) is 14.5. The van der Waals surface area contributed by atoms with E-state index in [4.69, 9.17) is 25.6 Å². The normalized spacial score (nSPS) is 17.2. The molecule has 2 amide bonds. The fourth-order valence-electron chi connectivity index (χ4n) is 4.44. The molecule has 1 aliphatic rings. The molecule has 0 saturated carbocycles. The SMILES string of the molecule is CC(CN)Nc1ccc(-c2ccc(OC[C@H](O/N=C(\C(=O)N[C@@H]3C(=O)N(OS(=O)(=O)O)C3(C)C)c3csc(N)n3)C(=O)O)cc2)c[n+]1C. The highest BCUT2D eigenvalue weighted by atomic mass is 32.3. The number of β-lactam (4-membered cyclic amide) rings is 1. The molecular formula is C28H35N8O10S2+. The minimum atomic E-state index is -5.02. The van der Waals surface area contributed by atoms with Crippen molar-refractivity contribution in [1.82, 2.24) is 15.4 Å². The van der Waals surface area contributed by atoms with Crippen LogP contribution in [-0.4, -0.2) is 88.5 Å². The summed E-state index contributed by atoms with van der Waals surface area (Å²) in [6, 6.07) is 9.58. The van der Waals surface area contributed by atoms with Gasteiger partial charge in [-0.2, -0.15) is 13.5 Å². The summed E-state index contributed by atoms with van der Waals surface area (Å²) < 4.78 is 43.0. The predicted molar refractivity (Wildman–Crippen MR) is 172 cm³/mol. The zero-order valence-electron chi connectivity index (χ0n) is 26.2.